The van der Waals surface area contributed by atoms with Gasteiger partial charge in [-0.15, -0.1) is 0 Å². The summed E-state index contributed by atoms with van der Waals surface area (Å²) < 4.78 is 0. The van der Waals surface area contributed by atoms with Crippen LogP contribution in [0.3, 0.4) is 0 Å². The molecule has 0 aliphatic heterocycles. The van der Waals surface area contributed by atoms with Crippen LogP contribution in [-0.2, 0) is 0 Å². The topological polar surface area (TPSA) is 12.0 Å². The van der Waals surface area contributed by atoms with Crippen LogP contribution >= 0.6 is 0 Å². The summed E-state index contributed by atoms with van der Waals surface area (Å²) in [5, 5.41) is 4.03. The maximum atomic E-state index is 4.03. The van der Waals surface area contributed by atoms with E-state index < -0.39 is 0 Å². The molecule has 0 spiro atoms. The van der Waals surface area contributed by atoms with E-state index in [2.05, 4.69) is 26.1 Å². The first kappa shape index (κ1) is 14.4. The van der Waals surface area contributed by atoms with E-state index in [0.717, 1.165) is 18.0 Å². The monoisotopic (exact) mass is 251 g/mol. The van der Waals surface area contributed by atoms with Gasteiger partial charge in [-0.1, -0.05) is 46.5 Å². The molecule has 18 heavy (non-hydrogen) atoms. The van der Waals surface area contributed by atoms with Crippen molar-refractivity contribution in [2.45, 2.75) is 97.1 Å². The maximum Gasteiger partial charge on any atom is 0.00952 e. The Balaban J connectivity index is 1.85. The molecule has 2 atom stereocenters. The van der Waals surface area contributed by atoms with Crippen molar-refractivity contribution in [3.63, 3.8) is 0 Å². The van der Waals surface area contributed by atoms with Crippen LogP contribution in [-0.4, -0.2) is 12.1 Å². The zero-order chi connectivity index (χ0) is 13.0. The Hall–Kier alpha value is -0.0400. The Kier molecular flexibility index (Phi) is 5.12. The van der Waals surface area contributed by atoms with Gasteiger partial charge in [0.15, 0.2) is 0 Å². The quantitative estimate of drug-likeness (QED) is 0.749. The van der Waals surface area contributed by atoms with Crippen molar-refractivity contribution in [2.24, 2.45) is 11.3 Å². The molecule has 1 N–H and O–H groups in total. The molecule has 2 aliphatic rings. The van der Waals surface area contributed by atoms with E-state index in [9.17, 15) is 0 Å². The molecular formula is C17H33N. The number of hydrogen-bond donors (Lipinski definition) is 1. The minimum atomic E-state index is 0.570. The molecule has 2 aliphatic carbocycles. The van der Waals surface area contributed by atoms with Gasteiger partial charge in [0.1, 0.15) is 0 Å². The molecule has 0 aromatic carbocycles. The fourth-order valence-corrected chi connectivity index (χ4v) is 4.27. The molecule has 2 saturated carbocycles. The predicted molar refractivity (Wildman–Crippen MR) is 79.8 cm³/mol. The highest BCUT2D eigenvalue weighted by Crippen LogP contribution is 2.36. The molecule has 0 saturated heterocycles. The zero-order valence-electron chi connectivity index (χ0n) is 12.8. The van der Waals surface area contributed by atoms with Crippen molar-refractivity contribution >= 4 is 0 Å². The molecule has 2 fully saturated rings. The maximum absolute atomic E-state index is 4.03. The van der Waals surface area contributed by atoms with Gasteiger partial charge in [-0.05, 0) is 49.9 Å². The lowest BCUT2D eigenvalue weighted by molar-refractivity contribution is 0.164. The molecule has 0 aromatic heterocycles. The second-order valence-corrected chi connectivity index (χ2v) is 7.54. The molecule has 0 bridgehead atoms. The minimum absolute atomic E-state index is 0.570. The molecular weight excluding hydrogens is 218 g/mol. The van der Waals surface area contributed by atoms with Crippen LogP contribution in [0, 0.1) is 11.3 Å². The van der Waals surface area contributed by atoms with Crippen molar-refractivity contribution in [3.8, 4) is 0 Å². The lowest BCUT2D eigenvalue weighted by Crippen LogP contribution is -2.46. The van der Waals surface area contributed by atoms with Crippen LogP contribution in [0.4, 0.5) is 0 Å². The molecule has 0 radical (unpaired) electrons. The van der Waals surface area contributed by atoms with Crippen molar-refractivity contribution in [1.29, 1.82) is 0 Å². The zero-order valence-corrected chi connectivity index (χ0v) is 12.8. The fraction of sp³-hybridized carbons (Fsp3) is 1.00. The smallest absolute Gasteiger partial charge is 0.00952 e. The van der Waals surface area contributed by atoms with Crippen LogP contribution in [0.15, 0.2) is 0 Å². The van der Waals surface area contributed by atoms with E-state index in [4.69, 9.17) is 0 Å². The van der Waals surface area contributed by atoms with Gasteiger partial charge in [0.25, 0.3) is 0 Å². The Morgan fingerprint density at radius 1 is 1.06 bits per heavy atom. The third-order valence-corrected chi connectivity index (χ3v) is 5.31. The van der Waals surface area contributed by atoms with Crippen LogP contribution in [0.2, 0.25) is 0 Å². The van der Waals surface area contributed by atoms with Crippen LogP contribution in [0.5, 0.6) is 0 Å². The van der Waals surface area contributed by atoms with Crippen LogP contribution in [0.1, 0.15) is 85.0 Å². The Morgan fingerprint density at radius 3 is 2.39 bits per heavy atom. The molecule has 2 unspecified atom stereocenters. The van der Waals surface area contributed by atoms with Gasteiger partial charge >= 0.3 is 0 Å². The van der Waals surface area contributed by atoms with Gasteiger partial charge in [-0.25, -0.2) is 0 Å². The molecule has 0 amide bonds. The lowest BCUT2D eigenvalue weighted by atomic mass is 9.74. The third kappa shape index (κ3) is 3.98. The molecule has 1 nitrogen and oxygen atoms in total. The molecule has 2 rings (SSSR count). The normalized spacial score (nSPS) is 31.2. The Bertz CT molecular complexity index is 240. The largest absolute Gasteiger partial charge is 0.311 e. The average molecular weight is 251 g/mol. The van der Waals surface area contributed by atoms with E-state index in [1.165, 1.54) is 64.2 Å². The summed E-state index contributed by atoms with van der Waals surface area (Å²) >= 11 is 0. The van der Waals surface area contributed by atoms with E-state index >= 15 is 0 Å². The number of hydrogen-bond acceptors (Lipinski definition) is 1. The van der Waals surface area contributed by atoms with Gasteiger partial charge in [0, 0.05) is 12.1 Å². The van der Waals surface area contributed by atoms with Gasteiger partial charge in [0.2, 0.25) is 0 Å². The van der Waals surface area contributed by atoms with E-state index in [1.54, 1.807) is 0 Å². The first-order valence-corrected chi connectivity index (χ1v) is 8.37. The van der Waals surface area contributed by atoms with Crippen LogP contribution in [0.25, 0.3) is 0 Å². The second kappa shape index (κ2) is 6.41. The number of rotatable bonds is 4. The summed E-state index contributed by atoms with van der Waals surface area (Å²) in [7, 11) is 0. The highest BCUT2D eigenvalue weighted by Gasteiger charge is 2.30. The summed E-state index contributed by atoms with van der Waals surface area (Å²) in [5.41, 5.74) is 0.570. The lowest BCUT2D eigenvalue weighted by Gasteiger charge is -2.40. The second-order valence-electron chi connectivity index (χ2n) is 7.54. The van der Waals surface area contributed by atoms with E-state index in [-0.39, 0.29) is 0 Å². The van der Waals surface area contributed by atoms with Crippen molar-refractivity contribution in [1.82, 2.24) is 5.32 Å². The third-order valence-electron chi connectivity index (χ3n) is 5.31. The highest BCUT2D eigenvalue weighted by molar-refractivity contribution is 4.87. The van der Waals surface area contributed by atoms with E-state index in [0.29, 0.717) is 5.41 Å². The van der Waals surface area contributed by atoms with Gasteiger partial charge in [-0.3, -0.25) is 0 Å². The molecule has 106 valence electrons. The first-order valence-electron chi connectivity index (χ1n) is 8.37. The summed E-state index contributed by atoms with van der Waals surface area (Å²) in [5.74, 6) is 0.966. The Labute approximate surface area is 114 Å². The van der Waals surface area contributed by atoms with Crippen molar-refractivity contribution < 1.29 is 0 Å². The Morgan fingerprint density at radius 2 is 1.78 bits per heavy atom. The van der Waals surface area contributed by atoms with Crippen molar-refractivity contribution in [3.05, 3.63) is 0 Å². The summed E-state index contributed by atoms with van der Waals surface area (Å²) in [4.78, 5) is 0. The van der Waals surface area contributed by atoms with Gasteiger partial charge in [-0.2, -0.15) is 0 Å². The molecule has 1 heteroatoms. The summed E-state index contributed by atoms with van der Waals surface area (Å²) in [6, 6.07) is 1.59. The molecule has 0 heterocycles. The summed E-state index contributed by atoms with van der Waals surface area (Å²) in [6.07, 6.45) is 14.3. The first-order chi connectivity index (χ1) is 8.61. The average Bonchev–Trinajstić information content (AvgIpc) is 2.36. The number of nitrogens with one attached hydrogen (secondary N) is 1. The standard InChI is InChI=1S/C17H33N/c1-4-16(14-9-6-5-7-10-14)18-15-11-8-12-17(2,3)13-15/h14-16,18H,4-13H2,1-3H3. The predicted octanol–water partition coefficient (Wildman–Crippen LogP) is 4.90. The van der Waals surface area contributed by atoms with Crippen LogP contribution < -0.4 is 5.32 Å². The highest BCUT2D eigenvalue weighted by atomic mass is 15.0. The fourth-order valence-electron chi connectivity index (χ4n) is 4.27. The minimum Gasteiger partial charge on any atom is -0.311 e. The van der Waals surface area contributed by atoms with Gasteiger partial charge in [0.05, 0.1) is 0 Å². The summed E-state index contributed by atoms with van der Waals surface area (Å²) in [6.45, 7) is 7.27. The van der Waals surface area contributed by atoms with E-state index in [1.807, 2.05) is 0 Å². The molecule has 0 aromatic rings. The van der Waals surface area contributed by atoms with Gasteiger partial charge < -0.3 is 5.32 Å². The van der Waals surface area contributed by atoms with Crippen molar-refractivity contribution in [2.75, 3.05) is 0 Å². The SMILES string of the molecule is CCC(NC1CCCC(C)(C)C1)C1CCCCC1.